The third-order valence-electron chi connectivity index (χ3n) is 0. The van der Waals surface area contributed by atoms with Gasteiger partial charge in [-0.1, -0.05) is 0 Å². The van der Waals surface area contributed by atoms with Crippen molar-refractivity contribution in [3.63, 3.8) is 0 Å². The molecule has 0 saturated heterocycles. The molecule has 0 atom stereocenters. The summed E-state index contributed by atoms with van der Waals surface area (Å²) in [5, 5.41) is 0. The summed E-state index contributed by atoms with van der Waals surface area (Å²) >= 11 is 0. The minimum absolute atomic E-state index is 0. The molecule has 0 heterocycles. The minimum atomic E-state index is -4.64. The van der Waals surface area contributed by atoms with Crippen molar-refractivity contribution in [1.82, 2.24) is 0 Å². The molecule has 0 amide bonds. The van der Waals surface area contributed by atoms with Crippen molar-refractivity contribution in [3.8, 4) is 0 Å². The zero-order valence-corrected chi connectivity index (χ0v) is 6.39. The van der Waals surface area contributed by atoms with Gasteiger partial charge in [0.25, 0.3) is 0 Å². The van der Waals surface area contributed by atoms with E-state index >= 15 is 0 Å². The molecule has 0 aromatic heterocycles. The Hall–Kier alpha value is 1.21. The van der Waals surface area contributed by atoms with Crippen LogP contribution in [0.2, 0.25) is 0 Å². The van der Waals surface area contributed by atoms with Crippen LogP contribution in [0.4, 0.5) is 0 Å². The fraction of sp³-hybridized carbons (Fsp3) is 0. The smallest absolute Gasteiger partial charge is 0.303 e. The summed E-state index contributed by atoms with van der Waals surface area (Å²) in [7, 11) is -4.64. The molecule has 0 aliphatic carbocycles. The van der Waals surface area contributed by atoms with Gasteiger partial charge in [0.05, 0.1) is 0 Å². The Labute approximate surface area is 62.9 Å². The van der Waals surface area contributed by atoms with Gasteiger partial charge in [0.1, 0.15) is 0 Å². The molecular weight excluding hydrogens is 202 g/mol. The largest absolute Gasteiger partial charge is 0.466 e. The molecule has 3 N–H and O–H groups in total. The average Bonchev–Trinajstić information content (AvgIpc) is 0.722. The predicted molar refractivity (Wildman–Crippen MR) is 14.3 cm³/mol. The Balaban J connectivity index is -0.0000000800. The van der Waals surface area contributed by atoms with Gasteiger partial charge >= 0.3 is 7.82 Å². The van der Waals surface area contributed by atoms with E-state index < -0.39 is 7.82 Å². The molecule has 1 radical (unpaired) electrons. The van der Waals surface area contributed by atoms with Crippen LogP contribution in [0, 0.1) is 0 Å². The van der Waals surface area contributed by atoms with Gasteiger partial charge in [0.2, 0.25) is 0 Å². The van der Waals surface area contributed by atoms with Crippen molar-refractivity contribution in [2.45, 2.75) is 0 Å². The van der Waals surface area contributed by atoms with E-state index in [1.807, 2.05) is 0 Å². The SMILES string of the molecule is O=P(O)(O)O.[Fe].[V]. The molecule has 0 aromatic carbocycles. The summed E-state index contributed by atoms with van der Waals surface area (Å²) in [6.07, 6.45) is 0. The van der Waals surface area contributed by atoms with E-state index in [1.54, 1.807) is 0 Å². The summed E-state index contributed by atoms with van der Waals surface area (Å²) in [6.45, 7) is 0. The number of phosphoric acid groups is 1. The quantitative estimate of drug-likeness (QED) is 0.352. The molecule has 0 fully saturated rings. The first-order valence-electron chi connectivity index (χ1n) is 0.783. The summed E-state index contributed by atoms with van der Waals surface area (Å²) < 4.78 is 8.88. The van der Waals surface area contributed by atoms with E-state index in [-0.39, 0.29) is 35.6 Å². The van der Waals surface area contributed by atoms with Crippen LogP contribution in [-0.4, -0.2) is 14.7 Å². The van der Waals surface area contributed by atoms with Gasteiger partial charge < -0.3 is 14.7 Å². The van der Waals surface area contributed by atoms with Crippen LogP contribution in [0.1, 0.15) is 0 Å². The standard InChI is InChI=1S/Fe.H3O4P.V/c;1-5(2,3)4;/h;(H3,1,2,3,4);. The molecule has 0 unspecified atom stereocenters. The predicted octanol–water partition coefficient (Wildman–Crippen LogP) is -0.934. The molecule has 0 bridgehead atoms. The fourth-order valence-corrected chi connectivity index (χ4v) is 0. The first kappa shape index (κ1) is 15.7. The van der Waals surface area contributed by atoms with Gasteiger partial charge in [-0.05, 0) is 0 Å². The van der Waals surface area contributed by atoms with Crippen molar-refractivity contribution in [3.05, 3.63) is 0 Å². The van der Waals surface area contributed by atoms with Crippen molar-refractivity contribution in [1.29, 1.82) is 0 Å². The maximum absolute atomic E-state index is 8.88. The van der Waals surface area contributed by atoms with E-state index in [0.29, 0.717) is 0 Å². The maximum Gasteiger partial charge on any atom is 0.466 e. The molecule has 7 heavy (non-hydrogen) atoms. The van der Waals surface area contributed by atoms with Gasteiger partial charge in [0, 0.05) is 35.6 Å². The Morgan fingerprint density at radius 3 is 1.14 bits per heavy atom. The number of rotatable bonds is 0. The molecule has 7 heteroatoms. The van der Waals surface area contributed by atoms with Crippen LogP contribution in [-0.2, 0) is 40.2 Å². The summed E-state index contributed by atoms with van der Waals surface area (Å²) in [6, 6.07) is 0. The molecule has 45 valence electrons. The fourth-order valence-electron chi connectivity index (χ4n) is 0. The molecule has 0 rings (SSSR count). The summed E-state index contributed by atoms with van der Waals surface area (Å²) in [5.74, 6) is 0. The van der Waals surface area contributed by atoms with E-state index in [1.165, 1.54) is 0 Å². The second kappa shape index (κ2) is 5.35. The topological polar surface area (TPSA) is 77.8 Å². The molecule has 4 nitrogen and oxygen atoms in total. The zero-order chi connectivity index (χ0) is 4.50. The summed E-state index contributed by atoms with van der Waals surface area (Å²) in [5.41, 5.74) is 0. The second-order valence-corrected chi connectivity index (χ2v) is 1.54. The maximum atomic E-state index is 8.88. The van der Waals surface area contributed by atoms with Crippen molar-refractivity contribution < 1.29 is 54.9 Å². The average molecular weight is 205 g/mol. The Morgan fingerprint density at radius 2 is 1.14 bits per heavy atom. The Kier molecular flexibility index (Phi) is 12.0. The van der Waals surface area contributed by atoms with Gasteiger partial charge in [-0.25, -0.2) is 4.57 Å². The van der Waals surface area contributed by atoms with E-state index in [0.717, 1.165) is 0 Å². The number of hydrogen-bond acceptors (Lipinski definition) is 1. The molecule has 0 saturated carbocycles. The third-order valence-corrected chi connectivity index (χ3v) is 0. The van der Waals surface area contributed by atoms with Crippen LogP contribution < -0.4 is 0 Å². The molecule has 0 spiro atoms. The second-order valence-electron chi connectivity index (χ2n) is 0.513. The molecule has 0 aliphatic heterocycles. The molecule has 0 aromatic rings. The van der Waals surface area contributed by atoms with Crippen LogP contribution in [0.15, 0.2) is 0 Å². The van der Waals surface area contributed by atoms with Crippen LogP contribution in [0.25, 0.3) is 0 Å². The van der Waals surface area contributed by atoms with E-state index in [9.17, 15) is 0 Å². The van der Waals surface area contributed by atoms with E-state index in [4.69, 9.17) is 19.2 Å². The normalized spacial score (nSPS) is 8.43. The third kappa shape index (κ3) is 133. The van der Waals surface area contributed by atoms with Gasteiger partial charge in [-0.3, -0.25) is 0 Å². The zero-order valence-electron chi connectivity index (χ0n) is 3.00. The first-order valence-corrected chi connectivity index (χ1v) is 2.35. The Morgan fingerprint density at radius 1 is 1.14 bits per heavy atom. The molecule has 0 aliphatic rings. The van der Waals surface area contributed by atoms with Crippen LogP contribution >= 0.6 is 7.82 Å². The van der Waals surface area contributed by atoms with Gasteiger partial charge in [0.15, 0.2) is 0 Å². The van der Waals surface area contributed by atoms with E-state index in [2.05, 4.69) is 0 Å². The Bertz CT molecular complexity index is 57.8. The van der Waals surface area contributed by atoms with Crippen molar-refractivity contribution >= 4 is 7.82 Å². The van der Waals surface area contributed by atoms with Crippen LogP contribution in [0.5, 0.6) is 0 Å². The monoisotopic (exact) mass is 205 g/mol. The summed E-state index contributed by atoms with van der Waals surface area (Å²) in [4.78, 5) is 21.6. The van der Waals surface area contributed by atoms with Gasteiger partial charge in [-0.2, -0.15) is 0 Å². The van der Waals surface area contributed by atoms with Crippen molar-refractivity contribution in [2.24, 2.45) is 0 Å². The number of hydrogen-bond donors (Lipinski definition) is 3. The first-order chi connectivity index (χ1) is 2.00. The van der Waals surface area contributed by atoms with Crippen molar-refractivity contribution in [2.75, 3.05) is 0 Å². The molecular formula is H3FeO4PV. The minimum Gasteiger partial charge on any atom is -0.303 e. The van der Waals surface area contributed by atoms with Crippen LogP contribution in [0.3, 0.4) is 0 Å². The van der Waals surface area contributed by atoms with Gasteiger partial charge in [-0.15, -0.1) is 0 Å².